The average molecular weight is 304 g/mol. The van der Waals surface area contributed by atoms with Gasteiger partial charge in [-0.25, -0.2) is 9.59 Å². The Morgan fingerprint density at radius 3 is 2.00 bits per heavy atom. The van der Waals surface area contributed by atoms with Crippen LogP contribution in [0.5, 0.6) is 0 Å². The van der Waals surface area contributed by atoms with E-state index >= 15 is 0 Å². The van der Waals surface area contributed by atoms with Crippen LogP contribution >= 0.6 is 0 Å². The van der Waals surface area contributed by atoms with Gasteiger partial charge in [0, 0.05) is 12.2 Å². The zero-order valence-corrected chi connectivity index (χ0v) is 10.6. The van der Waals surface area contributed by atoms with Gasteiger partial charge in [0.2, 0.25) is 0 Å². The van der Waals surface area contributed by atoms with Crippen molar-refractivity contribution in [2.45, 2.75) is 38.5 Å². The number of carbonyl (C=O) groups is 2. The third kappa shape index (κ3) is 5.98. The largest absolute Gasteiger partial charge is 0.478 e. The van der Waals surface area contributed by atoms with Gasteiger partial charge in [0.25, 0.3) is 0 Å². The highest BCUT2D eigenvalue weighted by molar-refractivity contribution is 5.90. The van der Waals surface area contributed by atoms with Gasteiger partial charge in [0.15, 0.2) is 0 Å². The molecule has 0 amide bonds. The van der Waals surface area contributed by atoms with Gasteiger partial charge in [-0.05, 0) is 5.92 Å². The predicted octanol–water partition coefficient (Wildman–Crippen LogP) is 2.78. The van der Waals surface area contributed by atoms with Crippen LogP contribution < -0.4 is 0 Å². The first-order valence-electron chi connectivity index (χ1n) is 5.43. The van der Waals surface area contributed by atoms with Gasteiger partial charge in [0.05, 0.1) is 6.42 Å². The highest BCUT2D eigenvalue weighted by Crippen LogP contribution is 2.40. The summed E-state index contributed by atoms with van der Waals surface area (Å²) in [5.41, 5.74) is 0. The van der Waals surface area contributed by atoms with Gasteiger partial charge >= 0.3 is 24.0 Å². The molecule has 116 valence electrons. The van der Waals surface area contributed by atoms with Crippen molar-refractivity contribution in [3.8, 4) is 0 Å². The van der Waals surface area contributed by atoms with Crippen LogP contribution in [0.1, 0.15) is 20.3 Å². The van der Waals surface area contributed by atoms with E-state index in [0.717, 1.165) is 0 Å². The van der Waals surface area contributed by atoms with E-state index in [1.165, 1.54) is 13.8 Å². The molecule has 0 saturated heterocycles. The van der Waals surface area contributed by atoms with Gasteiger partial charge in [-0.1, -0.05) is 13.8 Å². The van der Waals surface area contributed by atoms with E-state index in [1.54, 1.807) is 0 Å². The molecule has 1 unspecified atom stereocenters. The molecule has 0 aliphatic heterocycles. The highest BCUT2D eigenvalue weighted by atomic mass is 19.4. The van der Waals surface area contributed by atoms with Gasteiger partial charge in [-0.3, -0.25) is 0 Å². The zero-order chi connectivity index (χ0) is 16.1. The van der Waals surface area contributed by atoms with Crippen LogP contribution in [-0.4, -0.2) is 35.2 Å². The molecule has 0 heterocycles. The first-order valence-corrected chi connectivity index (χ1v) is 5.43. The molecule has 0 rings (SSSR count). The van der Waals surface area contributed by atoms with Crippen molar-refractivity contribution in [2.24, 2.45) is 5.92 Å². The lowest BCUT2D eigenvalue weighted by molar-refractivity contribution is -0.291. The minimum atomic E-state index is -5.75. The lowest BCUT2D eigenvalue weighted by Crippen LogP contribution is -2.42. The third-order valence-corrected chi connectivity index (χ3v) is 2.25. The van der Waals surface area contributed by atoms with Crippen LogP contribution in [0.3, 0.4) is 0 Å². The molecule has 0 bridgehead atoms. The number of esters is 1. The first kappa shape index (κ1) is 18.3. The number of hydrogen-bond donors (Lipinski definition) is 1. The molecule has 0 saturated carbocycles. The van der Waals surface area contributed by atoms with E-state index in [1.807, 2.05) is 0 Å². The summed E-state index contributed by atoms with van der Waals surface area (Å²) in [5, 5.41) is 8.24. The van der Waals surface area contributed by atoms with Crippen molar-refractivity contribution in [1.29, 1.82) is 0 Å². The molecule has 0 aromatic rings. The summed E-state index contributed by atoms with van der Waals surface area (Å²) in [6, 6.07) is 0. The molecular formula is C11H13F5O4. The van der Waals surface area contributed by atoms with Crippen LogP contribution in [0, 0.1) is 5.92 Å². The second-order valence-corrected chi connectivity index (χ2v) is 4.30. The van der Waals surface area contributed by atoms with Crippen LogP contribution in [0.25, 0.3) is 0 Å². The smallest absolute Gasteiger partial charge is 0.453 e. The maximum atomic E-state index is 12.9. The SMILES string of the molecule is CC(C)C(CC(F)(F)C(F)(F)F)OC(=O)C=CC(=O)O. The van der Waals surface area contributed by atoms with Gasteiger partial charge in [0.1, 0.15) is 6.10 Å². The van der Waals surface area contributed by atoms with E-state index < -0.39 is 42.5 Å². The number of carboxylic acid groups (broad SMARTS) is 1. The van der Waals surface area contributed by atoms with Gasteiger partial charge < -0.3 is 9.84 Å². The Balaban J connectivity index is 4.84. The summed E-state index contributed by atoms with van der Waals surface area (Å²) < 4.78 is 66.4. The van der Waals surface area contributed by atoms with Crippen LogP contribution in [-0.2, 0) is 14.3 Å². The topological polar surface area (TPSA) is 63.6 Å². The molecule has 0 radical (unpaired) electrons. The summed E-state index contributed by atoms with van der Waals surface area (Å²) in [5.74, 6) is -8.59. The quantitative estimate of drug-likeness (QED) is 0.465. The summed E-state index contributed by atoms with van der Waals surface area (Å²) in [4.78, 5) is 21.2. The van der Waals surface area contributed by atoms with Crippen molar-refractivity contribution in [3.63, 3.8) is 0 Å². The number of carboxylic acids is 1. The molecule has 9 heteroatoms. The Hall–Kier alpha value is -1.67. The van der Waals surface area contributed by atoms with E-state index in [4.69, 9.17) is 5.11 Å². The lowest BCUT2D eigenvalue weighted by atomic mass is 10.00. The number of rotatable bonds is 6. The number of halogens is 5. The molecule has 0 aliphatic carbocycles. The Bertz CT molecular complexity index is 387. The minimum Gasteiger partial charge on any atom is -0.478 e. The molecule has 20 heavy (non-hydrogen) atoms. The van der Waals surface area contributed by atoms with Crippen LogP contribution in [0.2, 0.25) is 0 Å². The molecular weight excluding hydrogens is 291 g/mol. The Labute approximate surface area is 111 Å². The Kier molecular flexibility index (Phi) is 6.11. The normalized spacial score (nSPS) is 14.6. The molecule has 1 atom stereocenters. The van der Waals surface area contributed by atoms with Crippen molar-refractivity contribution in [3.05, 3.63) is 12.2 Å². The molecule has 0 aromatic carbocycles. The predicted molar refractivity (Wildman–Crippen MR) is 57.1 cm³/mol. The third-order valence-electron chi connectivity index (χ3n) is 2.25. The number of aliphatic carboxylic acids is 1. The van der Waals surface area contributed by atoms with Gasteiger partial charge in [-0.2, -0.15) is 22.0 Å². The first-order chi connectivity index (χ1) is 8.86. The van der Waals surface area contributed by atoms with E-state index in [0.29, 0.717) is 12.2 Å². The van der Waals surface area contributed by atoms with Crippen molar-refractivity contribution >= 4 is 11.9 Å². The minimum absolute atomic E-state index is 0.390. The van der Waals surface area contributed by atoms with Crippen molar-refractivity contribution in [2.75, 3.05) is 0 Å². The maximum Gasteiger partial charge on any atom is 0.453 e. The molecule has 1 N–H and O–H groups in total. The monoisotopic (exact) mass is 304 g/mol. The van der Waals surface area contributed by atoms with Crippen LogP contribution in [0.4, 0.5) is 22.0 Å². The van der Waals surface area contributed by atoms with E-state index in [9.17, 15) is 31.5 Å². The molecule has 4 nitrogen and oxygen atoms in total. The standard InChI is InChI=1S/C11H13F5O4/c1-6(2)7(5-10(12,13)11(14,15)16)20-9(19)4-3-8(17)18/h3-4,6-7H,5H2,1-2H3,(H,17,18). The summed E-state index contributed by atoms with van der Waals surface area (Å²) in [6.45, 7) is 2.59. The van der Waals surface area contributed by atoms with E-state index in [-0.39, 0.29) is 0 Å². The summed E-state index contributed by atoms with van der Waals surface area (Å²) in [7, 11) is 0. The summed E-state index contributed by atoms with van der Waals surface area (Å²) in [6.07, 6.45) is -8.34. The average Bonchev–Trinajstić information content (AvgIpc) is 2.23. The summed E-state index contributed by atoms with van der Waals surface area (Å²) >= 11 is 0. The second-order valence-electron chi connectivity index (χ2n) is 4.30. The number of hydrogen-bond acceptors (Lipinski definition) is 3. The van der Waals surface area contributed by atoms with E-state index in [2.05, 4.69) is 4.74 Å². The van der Waals surface area contributed by atoms with Crippen molar-refractivity contribution < 1.29 is 41.4 Å². The number of alkyl halides is 5. The Morgan fingerprint density at radius 2 is 1.65 bits per heavy atom. The van der Waals surface area contributed by atoms with Crippen LogP contribution in [0.15, 0.2) is 12.2 Å². The fourth-order valence-electron chi connectivity index (χ4n) is 1.11. The number of carbonyl (C=O) groups excluding carboxylic acids is 1. The Morgan fingerprint density at radius 1 is 1.15 bits per heavy atom. The molecule has 0 aromatic heterocycles. The second kappa shape index (κ2) is 6.67. The van der Waals surface area contributed by atoms with Crippen molar-refractivity contribution in [1.82, 2.24) is 0 Å². The molecule has 0 aliphatic rings. The maximum absolute atomic E-state index is 12.9. The zero-order valence-electron chi connectivity index (χ0n) is 10.6. The van der Waals surface area contributed by atoms with Gasteiger partial charge in [-0.15, -0.1) is 0 Å². The molecule has 0 fully saturated rings. The molecule has 0 spiro atoms. The number of ether oxygens (including phenoxy) is 1. The fourth-order valence-corrected chi connectivity index (χ4v) is 1.11. The fraction of sp³-hybridized carbons (Fsp3) is 0.636. The highest BCUT2D eigenvalue weighted by Gasteiger charge is 2.58. The lowest BCUT2D eigenvalue weighted by Gasteiger charge is -2.27.